The van der Waals surface area contributed by atoms with Crippen LogP contribution in [0.3, 0.4) is 0 Å². The highest BCUT2D eigenvalue weighted by molar-refractivity contribution is 5.89. The molecule has 2 heterocycles. The number of carbonyl (C=O) groups is 1. The largest absolute Gasteiger partial charge is 0.383 e. The van der Waals surface area contributed by atoms with Gasteiger partial charge in [0.25, 0.3) is 0 Å². The lowest BCUT2D eigenvalue weighted by molar-refractivity contribution is -0.166. The molecule has 0 atom stereocenters. The first kappa shape index (κ1) is 15.5. The Hall–Kier alpha value is -1.39. The molecule has 3 rings (SSSR count). The smallest absolute Gasteiger partial charge is 0.230 e. The summed E-state index contributed by atoms with van der Waals surface area (Å²) in [5.74, 6) is 0.347. The molecule has 0 N–H and O–H groups in total. The summed E-state index contributed by atoms with van der Waals surface area (Å²) in [6, 6.07) is 8.76. The average molecular weight is 302 g/mol. The first-order valence-electron chi connectivity index (χ1n) is 8.19. The van der Waals surface area contributed by atoms with Crippen molar-refractivity contribution in [1.82, 2.24) is 9.80 Å². The summed E-state index contributed by atoms with van der Waals surface area (Å²) in [6.07, 6.45) is 2.00. The Morgan fingerprint density at radius 2 is 1.86 bits per heavy atom. The van der Waals surface area contributed by atoms with Crippen molar-refractivity contribution in [2.45, 2.75) is 26.3 Å². The summed E-state index contributed by atoms with van der Waals surface area (Å²) in [5.41, 5.74) is 2.61. The Balaban J connectivity index is 1.49. The van der Waals surface area contributed by atoms with Crippen LogP contribution in [0.25, 0.3) is 0 Å². The van der Waals surface area contributed by atoms with Crippen LogP contribution in [0.2, 0.25) is 0 Å². The minimum Gasteiger partial charge on any atom is -0.383 e. The highest BCUT2D eigenvalue weighted by Gasteiger charge is 2.52. The maximum absolute atomic E-state index is 12.4. The van der Waals surface area contributed by atoms with Gasteiger partial charge in [-0.15, -0.1) is 0 Å². The zero-order chi connectivity index (χ0) is 15.6. The quantitative estimate of drug-likeness (QED) is 0.781. The lowest BCUT2D eigenvalue weighted by Crippen LogP contribution is -2.65. The molecule has 0 aliphatic carbocycles. The molecule has 4 heteroatoms. The Labute approximate surface area is 133 Å². The number of benzene rings is 1. The van der Waals surface area contributed by atoms with Crippen LogP contribution in [0, 0.1) is 12.3 Å². The lowest BCUT2D eigenvalue weighted by atomic mass is 9.71. The van der Waals surface area contributed by atoms with Crippen molar-refractivity contribution in [2.24, 2.45) is 5.41 Å². The first-order valence-corrected chi connectivity index (χ1v) is 8.19. The molecule has 0 bridgehead atoms. The third-order valence-electron chi connectivity index (χ3n) is 5.14. The summed E-state index contributed by atoms with van der Waals surface area (Å²) in [6.45, 7) is 7.47. The van der Waals surface area contributed by atoms with Crippen molar-refractivity contribution in [3.05, 3.63) is 35.4 Å². The molecular weight excluding hydrogens is 276 g/mol. The zero-order valence-corrected chi connectivity index (χ0v) is 13.7. The average Bonchev–Trinajstić information content (AvgIpc) is 2.54. The maximum atomic E-state index is 12.4. The van der Waals surface area contributed by atoms with Crippen LogP contribution < -0.4 is 0 Å². The second-order valence-electron chi connectivity index (χ2n) is 6.76. The number of carbonyl (C=O) groups excluding carboxylic acids is 1. The number of aryl methyl sites for hydroxylation is 1. The van der Waals surface area contributed by atoms with Crippen molar-refractivity contribution in [3.63, 3.8) is 0 Å². The van der Waals surface area contributed by atoms with Crippen LogP contribution in [-0.2, 0) is 16.1 Å². The number of rotatable bonds is 5. The molecule has 2 fully saturated rings. The van der Waals surface area contributed by atoms with Gasteiger partial charge in [0.1, 0.15) is 0 Å². The highest BCUT2D eigenvalue weighted by Crippen LogP contribution is 2.41. The van der Waals surface area contributed by atoms with E-state index in [0.29, 0.717) is 12.5 Å². The molecule has 1 aromatic carbocycles. The third-order valence-corrected chi connectivity index (χ3v) is 5.14. The van der Waals surface area contributed by atoms with Crippen LogP contribution in [0.4, 0.5) is 0 Å². The van der Waals surface area contributed by atoms with Crippen LogP contribution in [0.15, 0.2) is 24.3 Å². The molecule has 4 nitrogen and oxygen atoms in total. The van der Waals surface area contributed by atoms with E-state index >= 15 is 0 Å². The molecule has 120 valence electrons. The van der Waals surface area contributed by atoms with E-state index in [1.807, 2.05) is 4.90 Å². The predicted octanol–water partition coefficient (Wildman–Crippen LogP) is 2.07. The fourth-order valence-corrected chi connectivity index (χ4v) is 3.59. The van der Waals surface area contributed by atoms with Gasteiger partial charge in [0.05, 0.1) is 12.0 Å². The summed E-state index contributed by atoms with van der Waals surface area (Å²) in [4.78, 5) is 16.8. The van der Waals surface area contributed by atoms with Gasteiger partial charge in [0.2, 0.25) is 5.91 Å². The van der Waals surface area contributed by atoms with Gasteiger partial charge in [0.15, 0.2) is 0 Å². The predicted molar refractivity (Wildman–Crippen MR) is 86.6 cm³/mol. The number of amides is 1. The second-order valence-corrected chi connectivity index (χ2v) is 6.76. The van der Waals surface area contributed by atoms with Gasteiger partial charge in [-0.25, -0.2) is 0 Å². The molecule has 0 radical (unpaired) electrons. The SMILES string of the molecule is COCCN1CC2(CCN(Cc3ccc(C)cc3)CC2)C1=O. The molecule has 1 spiro atoms. The van der Waals surface area contributed by atoms with Gasteiger partial charge >= 0.3 is 0 Å². The van der Waals surface area contributed by atoms with Gasteiger partial charge in [-0.05, 0) is 38.4 Å². The standard InChI is InChI=1S/C18H26N2O2/c1-15-3-5-16(6-4-15)13-19-9-7-18(8-10-19)14-20(17(18)21)11-12-22-2/h3-6H,7-14H2,1-2H3. The topological polar surface area (TPSA) is 32.8 Å². The highest BCUT2D eigenvalue weighted by atomic mass is 16.5. The molecule has 2 aliphatic rings. The summed E-state index contributed by atoms with van der Waals surface area (Å²) in [7, 11) is 1.68. The molecular formula is C18H26N2O2. The number of piperidine rings is 1. The number of likely N-dealkylation sites (tertiary alicyclic amines) is 2. The second kappa shape index (κ2) is 6.39. The van der Waals surface area contributed by atoms with Crippen LogP contribution >= 0.6 is 0 Å². The van der Waals surface area contributed by atoms with E-state index in [1.165, 1.54) is 11.1 Å². The van der Waals surface area contributed by atoms with Crippen molar-refractivity contribution in [1.29, 1.82) is 0 Å². The first-order chi connectivity index (χ1) is 10.6. The van der Waals surface area contributed by atoms with Crippen molar-refractivity contribution >= 4 is 5.91 Å². The number of β-lactam (4-membered cyclic amide) rings is 1. The van der Waals surface area contributed by atoms with E-state index in [0.717, 1.165) is 45.6 Å². The lowest BCUT2D eigenvalue weighted by Gasteiger charge is -2.52. The number of methoxy groups -OCH3 is 1. The van der Waals surface area contributed by atoms with E-state index in [2.05, 4.69) is 36.1 Å². The fourth-order valence-electron chi connectivity index (χ4n) is 3.59. The van der Waals surface area contributed by atoms with Gasteiger partial charge in [-0.2, -0.15) is 0 Å². The molecule has 2 aliphatic heterocycles. The van der Waals surface area contributed by atoms with Crippen LogP contribution in [0.5, 0.6) is 0 Å². The van der Waals surface area contributed by atoms with E-state index in [4.69, 9.17) is 4.74 Å². The number of ether oxygens (including phenoxy) is 1. The zero-order valence-electron chi connectivity index (χ0n) is 13.7. The van der Waals surface area contributed by atoms with E-state index in [1.54, 1.807) is 7.11 Å². The number of hydrogen-bond donors (Lipinski definition) is 0. The van der Waals surface area contributed by atoms with Crippen molar-refractivity contribution in [2.75, 3.05) is 39.9 Å². The van der Waals surface area contributed by atoms with Crippen molar-refractivity contribution in [3.8, 4) is 0 Å². The van der Waals surface area contributed by atoms with E-state index in [-0.39, 0.29) is 5.41 Å². The molecule has 0 saturated carbocycles. The Bertz CT molecular complexity index is 518. The normalized spacial score (nSPS) is 21.2. The molecule has 2 saturated heterocycles. The van der Waals surface area contributed by atoms with Crippen molar-refractivity contribution < 1.29 is 9.53 Å². The molecule has 0 unspecified atom stereocenters. The molecule has 1 aromatic rings. The van der Waals surface area contributed by atoms with E-state index in [9.17, 15) is 4.79 Å². The third kappa shape index (κ3) is 3.03. The number of hydrogen-bond acceptors (Lipinski definition) is 3. The Morgan fingerprint density at radius 3 is 2.45 bits per heavy atom. The van der Waals surface area contributed by atoms with Gasteiger partial charge in [0, 0.05) is 26.7 Å². The monoisotopic (exact) mass is 302 g/mol. The van der Waals surface area contributed by atoms with Crippen LogP contribution in [-0.4, -0.2) is 55.6 Å². The fraction of sp³-hybridized carbons (Fsp3) is 0.611. The Kier molecular flexibility index (Phi) is 4.50. The molecule has 22 heavy (non-hydrogen) atoms. The Morgan fingerprint density at radius 1 is 1.18 bits per heavy atom. The maximum Gasteiger partial charge on any atom is 0.230 e. The summed E-state index contributed by atoms with van der Waals surface area (Å²) >= 11 is 0. The van der Waals surface area contributed by atoms with Gasteiger partial charge in [-0.3, -0.25) is 9.69 Å². The summed E-state index contributed by atoms with van der Waals surface area (Å²) in [5, 5.41) is 0. The minimum atomic E-state index is -0.0580. The molecule has 1 amide bonds. The van der Waals surface area contributed by atoms with Gasteiger partial charge in [-0.1, -0.05) is 29.8 Å². The number of nitrogens with zero attached hydrogens (tertiary/aromatic N) is 2. The van der Waals surface area contributed by atoms with Gasteiger partial charge < -0.3 is 9.64 Å². The summed E-state index contributed by atoms with van der Waals surface area (Å²) < 4.78 is 5.06. The van der Waals surface area contributed by atoms with Crippen LogP contribution in [0.1, 0.15) is 24.0 Å². The van der Waals surface area contributed by atoms with E-state index < -0.39 is 0 Å². The molecule has 0 aromatic heterocycles. The minimum absolute atomic E-state index is 0.0580.